The maximum atomic E-state index is 11.9. The molecule has 3 rings (SSSR count). The van der Waals surface area contributed by atoms with Crippen LogP contribution in [0.15, 0.2) is 42.7 Å². The van der Waals surface area contributed by atoms with Gasteiger partial charge in [-0.3, -0.25) is 14.7 Å². The second-order valence-electron chi connectivity index (χ2n) is 5.01. The normalized spacial score (nSPS) is 18.5. The molecule has 4 nitrogen and oxygen atoms in total. The van der Waals surface area contributed by atoms with Crippen molar-refractivity contribution in [2.75, 3.05) is 6.54 Å². The first-order valence-electron chi connectivity index (χ1n) is 6.67. The van der Waals surface area contributed by atoms with Crippen molar-refractivity contribution in [1.29, 1.82) is 0 Å². The first-order valence-corrected chi connectivity index (χ1v) is 6.67. The van der Waals surface area contributed by atoms with Crippen LogP contribution in [0.4, 0.5) is 0 Å². The topological polar surface area (TPSA) is 59.2 Å². The molecule has 0 fully saturated rings. The predicted octanol–water partition coefficient (Wildman–Crippen LogP) is 1.47. The zero-order valence-corrected chi connectivity index (χ0v) is 11.1. The number of rotatable bonds is 3. The van der Waals surface area contributed by atoms with Crippen LogP contribution < -0.4 is 5.73 Å². The van der Waals surface area contributed by atoms with Gasteiger partial charge in [-0.1, -0.05) is 18.2 Å². The molecule has 0 saturated carbocycles. The molecule has 1 aromatic heterocycles. The summed E-state index contributed by atoms with van der Waals surface area (Å²) in [6, 6.07) is 12.4. The van der Waals surface area contributed by atoms with Gasteiger partial charge >= 0.3 is 0 Å². The quantitative estimate of drug-likeness (QED) is 0.915. The molecule has 1 atom stereocenters. The minimum absolute atomic E-state index is 0.300. The molecule has 0 spiro atoms. The third-order valence-electron chi connectivity index (χ3n) is 3.72. The van der Waals surface area contributed by atoms with Gasteiger partial charge in [0.25, 0.3) is 0 Å². The predicted molar refractivity (Wildman–Crippen MR) is 75.6 cm³/mol. The average molecular weight is 266 g/mol. The van der Waals surface area contributed by atoms with Crippen LogP contribution in [0, 0.1) is 6.07 Å². The van der Waals surface area contributed by atoms with E-state index in [1.54, 1.807) is 12.4 Å². The van der Waals surface area contributed by atoms with Crippen molar-refractivity contribution < 1.29 is 4.79 Å². The van der Waals surface area contributed by atoms with E-state index in [-0.39, 0.29) is 11.9 Å². The van der Waals surface area contributed by atoms with Gasteiger partial charge in [0.1, 0.15) is 6.04 Å². The van der Waals surface area contributed by atoms with Crippen LogP contribution in [0.1, 0.15) is 22.7 Å². The van der Waals surface area contributed by atoms with Crippen LogP contribution in [0.25, 0.3) is 0 Å². The maximum absolute atomic E-state index is 11.9. The number of carbonyl (C=O) groups excluding carboxylic acids is 1. The van der Waals surface area contributed by atoms with E-state index in [4.69, 9.17) is 5.73 Å². The highest BCUT2D eigenvalue weighted by atomic mass is 16.1. The first-order chi connectivity index (χ1) is 9.75. The molecule has 1 aliphatic heterocycles. The van der Waals surface area contributed by atoms with Gasteiger partial charge in [-0.05, 0) is 41.3 Å². The van der Waals surface area contributed by atoms with Crippen molar-refractivity contribution >= 4 is 5.91 Å². The second kappa shape index (κ2) is 5.43. The SMILES string of the molecule is NC(=O)C1c2cc[c]cc2CCN1Cc1ccncc1. The summed E-state index contributed by atoms with van der Waals surface area (Å²) in [6.45, 7) is 1.52. The van der Waals surface area contributed by atoms with E-state index in [0.29, 0.717) is 6.54 Å². The molecule has 101 valence electrons. The molecule has 0 saturated heterocycles. The van der Waals surface area contributed by atoms with Crippen LogP contribution in [0.5, 0.6) is 0 Å². The molecular weight excluding hydrogens is 250 g/mol. The fourth-order valence-electron chi connectivity index (χ4n) is 2.78. The summed E-state index contributed by atoms with van der Waals surface area (Å²) in [5, 5.41) is 0. The van der Waals surface area contributed by atoms with E-state index < -0.39 is 0 Å². The number of nitrogens with zero attached hydrogens (tertiary/aromatic N) is 2. The molecule has 2 N–H and O–H groups in total. The van der Waals surface area contributed by atoms with E-state index in [1.165, 1.54) is 5.56 Å². The molecule has 20 heavy (non-hydrogen) atoms. The average Bonchev–Trinajstić information content (AvgIpc) is 2.47. The summed E-state index contributed by atoms with van der Waals surface area (Å²) in [4.78, 5) is 18.0. The number of hydrogen-bond acceptors (Lipinski definition) is 3. The Kier molecular flexibility index (Phi) is 3.48. The van der Waals surface area contributed by atoms with Crippen molar-refractivity contribution in [3.8, 4) is 0 Å². The van der Waals surface area contributed by atoms with Crippen LogP contribution >= 0.6 is 0 Å². The maximum Gasteiger partial charge on any atom is 0.239 e. The molecule has 0 aliphatic carbocycles. The fourth-order valence-corrected chi connectivity index (χ4v) is 2.78. The Bertz CT molecular complexity index is 612. The lowest BCUT2D eigenvalue weighted by Crippen LogP contribution is -2.42. The molecule has 2 aromatic rings. The third kappa shape index (κ3) is 2.42. The van der Waals surface area contributed by atoms with Crippen molar-refractivity contribution in [1.82, 2.24) is 9.88 Å². The van der Waals surface area contributed by atoms with Gasteiger partial charge < -0.3 is 5.73 Å². The van der Waals surface area contributed by atoms with Crippen LogP contribution in [-0.4, -0.2) is 22.3 Å². The number of amides is 1. The first kappa shape index (κ1) is 12.8. The van der Waals surface area contributed by atoms with Crippen LogP contribution in [0.2, 0.25) is 0 Å². The fraction of sp³-hybridized carbons (Fsp3) is 0.250. The third-order valence-corrected chi connectivity index (χ3v) is 3.72. The summed E-state index contributed by atoms with van der Waals surface area (Å²) in [7, 11) is 0. The molecule has 1 aliphatic rings. The Labute approximate surface area is 118 Å². The standard InChI is InChI=1S/C16H16N3O/c17-16(20)15-14-4-2-1-3-13(14)7-10-19(15)11-12-5-8-18-9-6-12/h2-6,8-9,15H,7,10-11H2,(H2,17,20). The van der Waals surface area contributed by atoms with E-state index in [1.807, 2.05) is 30.3 Å². The zero-order valence-electron chi connectivity index (χ0n) is 11.1. The minimum Gasteiger partial charge on any atom is -0.368 e. The Morgan fingerprint density at radius 3 is 2.95 bits per heavy atom. The van der Waals surface area contributed by atoms with E-state index in [2.05, 4.69) is 16.0 Å². The van der Waals surface area contributed by atoms with Gasteiger partial charge in [0, 0.05) is 25.5 Å². The van der Waals surface area contributed by atoms with E-state index >= 15 is 0 Å². The second-order valence-corrected chi connectivity index (χ2v) is 5.01. The highest BCUT2D eigenvalue weighted by Gasteiger charge is 2.31. The molecule has 0 bridgehead atoms. The summed E-state index contributed by atoms with van der Waals surface area (Å²) < 4.78 is 0. The molecule has 4 heteroatoms. The highest BCUT2D eigenvalue weighted by molar-refractivity contribution is 5.82. The lowest BCUT2D eigenvalue weighted by atomic mass is 9.92. The van der Waals surface area contributed by atoms with Gasteiger partial charge in [0.05, 0.1) is 0 Å². The Morgan fingerprint density at radius 1 is 1.40 bits per heavy atom. The summed E-state index contributed by atoms with van der Waals surface area (Å²) >= 11 is 0. The van der Waals surface area contributed by atoms with Crippen molar-refractivity contribution in [3.63, 3.8) is 0 Å². The Morgan fingerprint density at radius 2 is 2.20 bits per heavy atom. The van der Waals surface area contributed by atoms with Gasteiger partial charge in [0.2, 0.25) is 5.91 Å². The molecule has 1 radical (unpaired) electrons. The molecular formula is C16H16N3O. The Balaban J connectivity index is 1.91. The van der Waals surface area contributed by atoms with Gasteiger partial charge in [-0.15, -0.1) is 0 Å². The summed E-state index contributed by atoms with van der Waals surface area (Å²) in [5.74, 6) is -0.300. The lowest BCUT2D eigenvalue weighted by Gasteiger charge is -2.35. The number of fused-ring (bicyclic) bond motifs is 1. The largest absolute Gasteiger partial charge is 0.368 e. The number of pyridine rings is 1. The minimum atomic E-state index is -0.360. The smallest absolute Gasteiger partial charge is 0.239 e. The molecule has 1 amide bonds. The number of aromatic nitrogens is 1. The monoisotopic (exact) mass is 266 g/mol. The van der Waals surface area contributed by atoms with Crippen LogP contribution in [0.3, 0.4) is 0 Å². The van der Waals surface area contributed by atoms with Gasteiger partial charge in [-0.2, -0.15) is 0 Å². The molecule has 2 heterocycles. The van der Waals surface area contributed by atoms with Crippen molar-refractivity contribution in [2.45, 2.75) is 19.0 Å². The molecule has 1 unspecified atom stereocenters. The number of primary amides is 1. The van der Waals surface area contributed by atoms with Crippen LogP contribution in [-0.2, 0) is 17.8 Å². The summed E-state index contributed by atoms with van der Waals surface area (Å²) in [5.41, 5.74) is 8.94. The zero-order chi connectivity index (χ0) is 13.9. The number of nitrogens with two attached hydrogens (primary N) is 1. The summed E-state index contributed by atoms with van der Waals surface area (Å²) in [6.07, 6.45) is 4.45. The van der Waals surface area contributed by atoms with Crippen molar-refractivity contribution in [2.24, 2.45) is 5.73 Å². The number of hydrogen-bond donors (Lipinski definition) is 1. The highest BCUT2D eigenvalue weighted by Crippen LogP contribution is 2.30. The van der Waals surface area contributed by atoms with Gasteiger partial charge in [0.15, 0.2) is 0 Å². The van der Waals surface area contributed by atoms with E-state index in [0.717, 1.165) is 24.1 Å². The molecule has 1 aromatic carbocycles. The number of carbonyl (C=O) groups is 1. The number of benzene rings is 1. The van der Waals surface area contributed by atoms with Crippen molar-refractivity contribution in [3.05, 3.63) is 65.5 Å². The lowest BCUT2D eigenvalue weighted by molar-refractivity contribution is -0.124. The van der Waals surface area contributed by atoms with Gasteiger partial charge in [-0.25, -0.2) is 0 Å². The Hall–Kier alpha value is -2.20. The van der Waals surface area contributed by atoms with E-state index in [9.17, 15) is 4.79 Å².